The molecule has 1 aliphatic rings. The molecule has 0 unspecified atom stereocenters. The summed E-state index contributed by atoms with van der Waals surface area (Å²) in [6.45, 7) is 0. The van der Waals surface area contributed by atoms with Gasteiger partial charge in [0, 0.05) is 90.7 Å². The van der Waals surface area contributed by atoms with Crippen molar-refractivity contribution in [1.29, 1.82) is 0 Å². The number of fused-ring (bicyclic) bond motifs is 8. The van der Waals surface area contributed by atoms with E-state index in [1.165, 1.54) is 72.8 Å². The van der Waals surface area contributed by atoms with Crippen molar-refractivity contribution in [1.82, 2.24) is 19.9 Å². The number of hydrogen-bond acceptors (Lipinski definition) is 8. The second kappa shape index (κ2) is 12.8. The van der Waals surface area contributed by atoms with Gasteiger partial charge in [0.25, 0.3) is 0 Å². The van der Waals surface area contributed by atoms with E-state index in [0.29, 0.717) is 88.7 Å². The van der Waals surface area contributed by atoms with Gasteiger partial charge in [0.15, 0.2) is 0 Å². The maximum absolute atomic E-state index is 10.6. The smallest absolute Gasteiger partial charge is 0.119 e. The van der Waals surface area contributed by atoms with E-state index in [9.17, 15) is 40.9 Å². The fraction of sp³-hybridized carbons (Fsp3) is 0. The van der Waals surface area contributed by atoms with Crippen molar-refractivity contribution in [2.75, 3.05) is 0 Å². The van der Waals surface area contributed by atoms with Gasteiger partial charge in [0.2, 0.25) is 0 Å². The van der Waals surface area contributed by atoms with Crippen molar-refractivity contribution >= 4 is 22.3 Å². The average Bonchev–Trinajstić information content (AvgIpc) is 3.94. The number of phenolic OH excluding ortho intramolecular Hbond substituents is 8. The maximum Gasteiger partial charge on any atom is 0.119 e. The standard InChI is InChI=1S/C44H32N4O8/c49-25-9-21(10-26(50)17-25)41-33-1-2-34(45-33)42(22-11-27(51)18-28(52)12-22)36-5-6-38(47-36)44(24-15-31(55)20-32(56)16-24)40-8-7-39(48-40)43(37-4-3-35(41)46-37)23-13-29(53)19-30(54)14-23/h1-20,45-56H. The van der Waals surface area contributed by atoms with E-state index < -0.39 is 0 Å². The quantitative estimate of drug-likeness (QED) is 0.126. The number of nitrogens with one attached hydrogen (secondary N) is 4. The van der Waals surface area contributed by atoms with Crippen molar-refractivity contribution in [3.8, 4) is 46.0 Å². The normalized spacial score (nSPS) is 12.7. The van der Waals surface area contributed by atoms with E-state index in [4.69, 9.17) is 0 Å². The summed E-state index contributed by atoms with van der Waals surface area (Å²) in [7, 11) is 0. The molecule has 0 fully saturated rings. The Bertz CT molecular complexity index is 2650. The molecule has 0 aliphatic carbocycles. The molecule has 8 aromatic rings. The largest absolute Gasteiger partial charge is 0.508 e. The van der Waals surface area contributed by atoms with Crippen molar-refractivity contribution in [3.05, 3.63) is 188 Å². The van der Waals surface area contributed by atoms with Crippen LogP contribution in [0.2, 0.25) is 0 Å². The first-order valence-electron chi connectivity index (χ1n) is 17.4. The second-order valence-corrected chi connectivity index (χ2v) is 13.6. The van der Waals surface area contributed by atoms with E-state index in [1.807, 2.05) is 48.5 Å². The maximum atomic E-state index is 10.6. The lowest BCUT2D eigenvalue weighted by atomic mass is 10.0. The first kappa shape index (κ1) is 33.7. The fourth-order valence-electron chi connectivity index (χ4n) is 7.53. The predicted molar refractivity (Wildman–Crippen MR) is 207 cm³/mol. The molecular weight excluding hydrogens is 713 g/mol. The van der Waals surface area contributed by atoms with Crippen LogP contribution in [0.3, 0.4) is 0 Å². The summed E-state index contributed by atoms with van der Waals surface area (Å²) in [6.07, 6.45) is 0. The molecule has 12 N–H and O–H groups in total. The Morgan fingerprint density at radius 2 is 0.429 bits per heavy atom. The van der Waals surface area contributed by atoms with Crippen LogP contribution >= 0.6 is 0 Å². The van der Waals surface area contributed by atoms with Crippen molar-refractivity contribution in [2.45, 2.75) is 0 Å². The highest BCUT2D eigenvalue weighted by Crippen LogP contribution is 2.34. The van der Waals surface area contributed by atoms with E-state index in [1.54, 1.807) is 0 Å². The molecule has 0 atom stereocenters. The molecule has 9 rings (SSSR count). The third-order valence-electron chi connectivity index (χ3n) is 9.66. The highest BCUT2D eigenvalue weighted by molar-refractivity contribution is 5.86. The molecule has 0 spiro atoms. The molecule has 0 saturated carbocycles. The summed E-state index contributed by atoms with van der Waals surface area (Å²) in [6, 6.07) is 31.8. The van der Waals surface area contributed by atoms with Gasteiger partial charge in [-0.2, -0.15) is 0 Å². The van der Waals surface area contributed by atoms with Crippen molar-refractivity contribution in [2.24, 2.45) is 0 Å². The van der Waals surface area contributed by atoms with Gasteiger partial charge in [-0.3, -0.25) is 0 Å². The topological polar surface area (TPSA) is 225 Å². The number of phenols is 8. The lowest BCUT2D eigenvalue weighted by Crippen LogP contribution is -2.19. The first-order chi connectivity index (χ1) is 26.9. The summed E-state index contributed by atoms with van der Waals surface area (Å²) < 4.78 is 0. The fourth-order valence-corrected chi connectivity index (χ4v) is 7.53. The van der Waals surface area contributed by atoms with Gasteiger partial charge in [-0.1, -0.05) is 0 Å². The average molecular weight is 745 g/mol. The first-order valence-corrected chi connectivity index (χ1v) is 17.4. The van der Waals surface area contributed by atoms with Crippen LogP contribution in [-0.4, -0.2) is 60.8 Å². The summed E-state index contributed by atoms with van der Waals surface area (Å²) in [5.74, 6) is -1.27. The second-order valence-electron chi connectivity index (χ2n) is 13.6. The van der Waals surface area contributed by atoms with E-state index in [-0.39, 0.29) is 46.0 Å². The van der Waals surface area contributed by atoms with Crippen LogP contribution in [0.25, 0.3) is 22.3 Å². The van der Waals surface area contributed by atoms with E-state index in [0.717, 1.165) is 0 Å². The van der Waals surface area contributed by atoms with Crippen LogP contribution in [0.1, 0.15) is 45.0 Å². The molecule has 0 amide bonds. The third-order valence-corrected chi connectivity index (χ3v) is 9.66. The number of H-pyrrole nitrogens is 4. The van der Waals surface area contributed by atoms with E-state index in [2.05, 4.69) is 19.9 Å². The predicted octanol–water partition coefficient (Wildman–Crippen LogP) is 3.95. The molecule has 0 saturated heterocycles. The Morgan fingerprint density at radius 1 is 0.232 bits per heavy atom. The Balaban J connectivity index is 1.46. The summed E-state index contributed by atoms with van der Waals surface area (Å²) in [4.78, 5) is 14.0. The van der Waals surface area contributed by atoms with Crippen LogP contribution in [0.5, 0.6) is 46.0 Å². The minimum Gasteiger partial charge on any atom is -0.508 e. The van der Waals surface area contributed by atoms with Crippen LogP contribution < -0.4 is 21.4 Å². The highest BCUT2D eigenvalue weighted by Gasteiger charge is 2.20. The molecule has 5 heterocycles. The Hall–Kier alpha value is -8.12. The molecule has 12 heteroatoms. The zero-order chi connectivity index (χ0) is 38.8. The molecular formula is C44H32N4O8. The Morgan fingerprint density at radius 3 is 0.625 bits per heavy atom. The SMILES string of the molecule is Oc1cc(O)cc(C2=c3ccc([nH]3)=C(c3cc(O)cc(O)c3)c3ccc([nH]3)C(c3cc(O)cc(O)c3)=c3ccc([nH]3)=C(c3cc(O)cc(O)c3)c3ccc2[nH]3)c1. The number of benzene rings is 4. The summed E-state index contributed by atoms with van der Waals surface area (Å²) >= 11 is 0. The van der Waals surface area contributed by atoms with Crippen LogP contribution in [0, 0.1) is 0 Å². The van der Waals surface area contributed by atoms with Crippen LogP contribution in [0.4, 0.5) is 0 Å². The number of aromatic hydroxyl groups is 8. The lowest BCUT2D eigenvalue weighted by Gasteiger charge is -2.11. The van der Waals surface area contributed by atoms with Gasteiger partial charge in [0.1, 0.15) is 46.0 Å². The molecule has 1 aliphatic heterocycles. The molecule has 276 valence electrons. The minimum atomic E-state index is -0.159. The van der Waals surface area contributed by atoms with Crippen LogP contribution in [0.15, 0.2) is 121 Å². The van der Waals surface area contributed by atoms with Crippen molar-refractivity contribution in [3.63, 3.8) is 0 Å². The molecule has 12 nitrogen and oxygen atoms in total. The Labute approximate surface area is 316 Å². The van der Waals surface area contributed by atoms with Crippen LogP contribution in [-0.2, 0) is 0 Å². The number of aromatic nitrogens is 4. The molecule has 0 radical (unpaired) electrons. The summed E-state index contributed by atoms with van der Waals surface area (Å²) in [5.41, 5.74) is 6.42. The van der Waals surface area contributed by atoms with E-state index >= 15 is 0 Å². The number of aromatic amines is 4. The Kier molecular flexibility index (Phi) is 7.69. The van der Waals surface area contributed by atoms with Gasteiger partial charge in [-0.25, -0.2) is 0 Å². The van der Waals surface area contributed by atoms with Gasteiger partial charge < -0.3 is 60.8 Å². The monoisotopic (exact) mass is 744 g/mol. The van der Waals surface area contributed by atoms with Gasteiger partial charge in [-0.05, 0) is 119 Å². The number of rotatable bonds is 4. The van der Waals surface area contributed by atoms with Gasteiger partial charge >= 0.3 is 0 Å². The van der Waals surface area contributed by atoms with Crippen molar-refractivity contribution < 1.29 is 40.9 Å². The van der Waals surface area contributed by atoms with Gasteiger partial charge in [-0.15, -0.1) is 0 Å². The minimum absolute atomic E-state index is 0.159. The third kappa shape index (κ3) is 6.02. The van der Waals surface area contributed by atoms with Gasteiger partial charge in [0.05, 0.1) is 0 Å². The highest BCUT2D eigenvalue weighted by atomic mass is 16.3. The number of hydrogen-bond donors (Lipinski definition) is 12. The lowest BCUT2D eigenvalue weighted by molar-refractivity contribution is 0.449. The molecule has 8 bridgehead atoms. The molecule has 4 aromatic carbocycles. The zero-order valence-electron chi connectivity index (χ0n) is 29.1. The molecule has 56 heavy (non-hydrogen) atoms. The zero-order valence-corrected chi connectivity index (χ0v) is 29.1. The summed E-state index contributed by atoms with van der Waals surface area (Å²) in [5, 5.41) is 87.1. The molecule has 4 aromatic heterocycles.